The normalized spacial score (nSPS) is 19.2. The van der Waals surface area contributed by atoms with Gasteiger partial charge in [0.15, 0.2) is 0 Å². The zero-order chi connectivity index (χ0) is 22.9. The molecule has 11 heteroatoms. The van der Waals surface area contributed by atoms with Gasteiger partial charge in [-0.05, 0) is 43.7 Å². The molecule has 8 nitrogen and oxygen atoms in total. The molecule has 1 saturated carbocycles. The first-order valence-corrected chi connectivity index (χ1v) is 10.2. The highest BCUT2D eigenvalue weighted by atomic mass is 19.4. The summed E-state index contributed by atoms with van der Waals surface area (Å²) in [6.45, 7) is 0.199. The van der Waals surface area contributed by atoms with Gasteiger partial charge in [-0.15, -0.1) is 0 Å². The van der Waals surface area contributed by atoms with Crippen LogP contribution in [0, 0.1) is 5.92 Å². The number of nitrogens with one attached hydrogen (secondary N) is 1. The lowest BCUT2D eigenvalue weighted by atomic mass is 9.87. The fourth-order valence-corrected chi connectivity index (χ4v) is 3.93. The van der Waals surface area contributed by atoms with E-state index < -0.39 is 23.6 Å². The molecule has 1 fully saturated rings. The number of alkyl halides is 3. The summed E-state index contributed by atoms with van der Waals surface area (Å²) in [6, 6.07) is 4.66. The zero-order valence-electron chi connectivity index (χ0n) is 17.3. The van der Waals surface area contributed by atoms with Gasteiger partial charge in [0.2, 0.25) is 5.82 Å². The molecule has 4 rings (SSSR count). The lowest BCUT2D eigenvalue weighted by Gasteiger charge is -2.27. The summed E-state index contributed by atoms with van der Waals surface area (Å²) in [5.41, 5.74) is 0.553. The smallest absolute Gasteiger partial charge is 0.451 e. The van der Waals surface area contributed by atoms with Gasteiger partial charge in [0, 0.05) is 30.5 Å². The Hall–Kier alpha value is -3.21. The van der Waals surface area contributed by atoms with E-state index in [1.165, 1.54) is 7.11 Å². The van der Waals surface area contributed by atoms with E-state index in [0.29, 0.717) is 22.9 Å². The van der Waals surface area contributed by atoms with Gasteiger partial charge in [0.1, 0.15) is 11.4 Å². The third kappa shape index (κ3) is 4.52. The number of aromatic nitrogens is 4. The molecule has 2 aromatic heterocycles. The summed E-state index contributed by atoms with van der Waals surface area (Å²) in [5.74, 6) is -1.54. The number of carbonyl (C=O) groups excluding carboxylic acids is 1. The van der Waals surface area contributed by atoms with Crippen LogP contribution in [0.2, 0.25) is 0 Å². The van der Waals surface area contributed by atoms with E-state index in [-0.39, 0.29) is 12.6 Å². The minimum absolute atomic E-state index is 0.199. The lowest BCUT2D eigenvalue weighted by Crippen LogP contribution is -2.20. The molecule has 0 atom stereocenters. The van der Waals surface area contributed by atoms with Crippen molar-refractivity contribution in [1.29, 1.82) is 0 Å². The van der Waals surface area contributed by atoms with Gasteiger partial charge in [0.25, 0.3) is 5.91 Å². The van der Waals surface area contributed by atoms with Crippen LogP contribution < -0.4 is 10.1 Å². The zero-order valence-corrected chi connectivity index (χ0v) is 17.3. The van der Waals surface area contributed by atoms with Crippen LogP contribution in [0.5, 0.6) is 5.75 Å². The Morgan fingerprint density at radius 1 is 1.28 bits per heavy atom. The molecule has 170 valence electrons. The van der Waals surface area contributed by atoms with Gasteiger partial charge in [0.05, 0.1) is 24.4 Å². The molecule has 1 amide bonds. The van der Waals surface area contributed by atoms with Crippen molar-refractivity contribution < 1.29 is 27.8 Å². The number of rotatable bonds is 5. The number of nitrogens with zero attached hydrogens (tertiary/aromatic N) is 4. The molecular formula is C21H22F3N5O3. The van der Waals surface area contributed by atoms with E-state index in [0.717, 1.165) is 43.3 Å². The van der Waals surface area contributed by atoms with Gasteiger partial charge in [-0.25, -0.2) is 9.97 Å². The molecule has 1 aromatic carbocycles. The van der Waals surface area contributed by atoms with Crippen molar-refractivity contribution in [3.05, 3.63) is 42.1 Å². The van der Waals surface area contributed by atoms with E-state index in [2.05, 4.69) is 20.4 Å². The Morgan fingerprint density at radius 3 is 2.69 bits per heavy atom. The highest BCUT2D eigenvalue weighted by Crippen LogP contribution is 2.35. The van der Waals surface area contributed by atoms with Crippen molar-refractivity contribution in [3.63, 3.8) is 0 Å². The van der Waals surface area contributed by atoms with Crippen molar-refractivity contribution >= 4 is 22.5 Å². The third-order valence-corrected chi connectivity index (χ3v) is 5.68. The standard InChI is InChI=1S/C21H22F3N5O3/c1-32-18-9-16-13(10-29(28-16)14-4-2-12(11-30)3-5-14)8-17(18)26-19(31)15-6-7-25-20(27-15)21(22,23)24/h6-10,12,14,30H,2-5,11H2,1H3,(H,26,31)/t12-,14-. The molecule has 0 spiro atoms. The maximum atomic E-state index is 12.9. The van der Waals surface area contributed by atoms with E-state index >= 15 is 0 Å². The largest absolute Gasteiger partial charge is 0.494 e. The summed E-state index contributed by atoms with van der Waals surface area (Å²) >= 11 is 0. The van der Waals surface area contributed by atoms with Crippen LogP contribution in [-0.4, -0.2) is 44.5 Å². The van der Waals surface area contributed by atoms with Gasteiger partial charge in [-0.3, -0.25) is 9.48 Å². The number of halogens is 3. The fraction of sp³-hybridized carbons (Fsp3) is 0.429. The topological polar surface area (TPSA) is 102 Å². The lowest BCUT2D eigenvalue weighted by molar-refractivity contribution is -0.145. The minimum Gasteiger partial charge on any atom is -0.494 e. The van der Waals surface area contributed by atoms with Crippen molar-refractivity contribution in [2.24, 2.45) is 5.92 Å². The van der Waals surface area contributed by atoms with Crippen LogP contribution in [0.3, 0.4) is 0 Å². The van der Waals surface area contributed by atoms with Crippen LogP contribution >= 0.6 is 0 Å². The second-order valence-electron chi connectivity index (χ2n) is 7.79. The summed E-state index contributed by atoms with van der Waals surface area (Å²) in [5, 5.41) is 17.3. The van der Waals surface area contributed by atoms with Crippen LogP contribution in [0.1, 0.15) is 48.0 Å². The number of aliphatic hydroxyl groups excluding tert-OH is 1. The SMILES string of the molecule is COc1cc2nn([C@H]3CC[C@H](CO)CC3)cc2cc1NC(=O)c1ccnc(C(F)(F)F)n1. The molecule has 2 N–H and O–H groups in total. The molecule has 3 aromatic rings. The molecule has 2 heterocycles. The molecule has 0 unspecified atom stereocenters. The number of amides is 1. The van der Waals surface area contributed by atoms with Crippen LogP contribution in [0.4, 0.5) is 18.9 Å². The predicted molar refractivity (Wildman–Crippen MR) is 109 cm³/mol. The van der Waals surface area contributed by atoms with Gasteiger partial charge in [-0.2, -0.15) is 18.3 Å². The second-order valence-corrected chi connectivity index (χ2v) is 7.79. The number of ether oxygens (including phenoxy) is 1. The molecule has 1 aliphatic carbocycles. The second kappa shape index (κ2) is 8.73. The average Bonchev–Trinajstić information content (AvgIpc) is 3.21. The van der Waals surface area contributed by atoms with E-state index in [1.807, 2.05) is 10.9 Å². The minimum atomic E-state index is -4.75. The van der Waals surface area contributed by atoms with E-state index in [4.69, 9.17) is 4.74 Å². The summed E-state index contributed by atoms with van der Waals surface area (Å²) in [6.07, 6.45) is 1.70. The molecule has 0 bridgehead atoms. The number of benzene rings is 1. The summed E-state index contributed by atoms with van der Waals surface area (Å²) < 4.78 is 45.8. The van der Waals surface area contributed by atoms with Crippen LogP contribution in [-0.2, 0) is 6.18 Å². The molecule has 0 saturated heterocycles. The maximum absolute atomic E-state index is 12.9. The monoisotopic (exact) mass is 449 g/mol. The van der Waals surface area contributed by atoms with E-state index in [1.54, 1.807) is 12.1 Å². The molecule has 0 aliphatic heterocycles. The fourth-order valence-electron chi connectivity index (χ4n) is 3.93. The first kappa shape index (κ1) is 22.0. The molecule has 1 aliphatic rings. The number of methoxy groups -OCH3 is 1. The number of carbonyl (C=O) groups is 1. The average molecular weight is 449 g/mol. The Morgan fingerprint density at radius 2 is 2.03 bits per heavy atom. The van der Waals surface area contributed by atoms with Crippen molar-refractivity contribution in [1.82, 2.24) is 19.7 Å². The Kier molecular flexibility index (Phi) is 6.00. The summed E-state index contributed by atoms with van der Waals surface area (Å²) in [4.78, 5) is 19.0. The Labute approximate surface area is 181 Å². The van der Waals surface area contributed by atoms with Crippen molar-refractivity contribution in [3.8, 4) is 5.75 Å². The molecule has 32 heavy (non-hydrogen) atoms. The number of anilines is 1. The number of hydrogen-bond donors (Lipinski definition) is 2. The number of hydrogen-bond acceptors (Lipinski definition) is 6. The maximum Gasteiger partial charge on any atom is 0.451 e. The number of aliphatic hydroxyl groups is 1. The molecule has 0 radical (unpaired) electrons. The highest BCUT2D eigenvalue weighted by Gasteiger charge is 2.35. The van der Waals surface area contributed by atoms with Gasteiger partial charge < -0.3 is 15.2 Å². The van der Waals surface area contributed by atoms with Crippen LogP contribution in [0.15, 0.2) is 30.6 Å². The first-order valence-electron chi connectivity index (χ1n) is 10.2. The van der Waals surface area contributed by atoms with E-state index in [9.17, 15) is 23.1 Å². The predicted octanol–water partition coefficient (Wildman–Crippen LogP) is 3.83. The number of fused-ring (bicyclic) bond motifs is 1. The summed E-state index contributed by atoms with van der Waals surface area (Å²) in [7, 11) is 1.43. The first-order chi connectivity index (χ1) is 15.3. The van der Waals surface area contributed by atoms with Crippen molar-refractivity contribution in [2.75, 3.05) is 19.0 Å². The molecular weight excluding hydrogens is 427 g/mol. The third-order valence-electron chi connectivity index (χ3n) is 5.68. The Bertz CT molecular complexity index is 1120. The van der Waals surface area contributed by atoms with Gasteiger partial charge >= 0.3 is 6.18 Å². The van der Waals surface area contributed by atoms with Gasteiger partial charge in [-0.1, -0.05) is 0 Å². The van der Waals surface area contributed by atoms with Crippen molar-refractivity contribution in [2.45, 2.75) is 37.9 Å². The quantitative estimate of drug-likeness (QED) is 0.614. The highest BCUT2D eigenvalue weighted by molar-refractivity contribution is 6.05. The van der Waals surface area contributed by atoms with Crippen LogP contribution in [0.25, 0.3) is 10.9 Å². The Balaban J connectivity index is 1.58.